The van der Waals surface area contributed by atoms with Crippen LogP contribution in [0.5, 0.6) is 0 Å². The third kappa shape index (κ3) is 3.14. The topological polar surface area (TPSA) is 77.8 Å². The van der Waals surface area contributed by atoms with Gasteiger partial charge in [0.05, 0.1) is 5.69 Å². The van der Waals surface area contributed by atoms with E-state index in [0.717, 1.165) is 4.88 Å². The molecule has 0 amide bonds. The molecule has 0 aliphatic carbocycles. The van der Waals surface area contributed by atoms with E-state index in [1.807, 2.05) is 17.5 Å². The van der Waals surface area contributed by atoms with Gasteiger partial charge in [-0.05, 0) is 24.3 Å². The van der Waals surface area contributed by atoms with Crippen LogP contribution in [0, 0.1) is 0 Å². The lowest BCUT2D eigenvalue weighted by molar-refractivity contribution is -0.138. The standard InChI is InChI=1S/C11H11F3N4S/c12-11(13,14)8-7(17-10(16)18-9(8)15)4-3-6-2-1-5-19-6/h1-2,5H,3-4H2,(H4,15,16,17,18). The second-order valence-electron chi connectivity index (χ2n) is 3.87. The summed E-state index contributed by atoms with van der Waals surface area (Å²) in [7, 11) is 0. The Morgan fingerprint density at radius 1 is 1.16 bits per heavy atom. The summed E-state index contributed by atoms with van der Waals surface area (Å²) >= 11 is 1.48. The van der Waals surface area contributed by atoms with Gasteiger partial charge in [-0.1, -0.05) is 6.07 Å². The van der Waals surface area contributed by atoms with Crippen molar-refractivity contribution in [1.29, 1.82) is 0 Å². The fourth-order valence-corrected chi connectivity index (χ4v) is 2.44. The van der Waals surface area contributed by atoms with Gasteiger partial charge in [-0.2, -0.15) is 18.2 Å². The second-order valence-corrected chi connectivity index (χ2v) is 4.90. The minimum absolute atomic E-state index is 0.117. The zero-order valence-corrected chi connectivity index (χ0v) is 10.6. The van der Waals surface area contributed by atoms with Gasteiger partial charge in [0.2, 0.25) is 5.95 Å². The first-order chi connectivity index (χ1) is 8.88. The van der Waals surface area contributed by atoms with Crippen molar-refractivity contribution in [3.8, 4) is 0 Å². The third-order valence-corrected chi connectivity index (χ3v) is 3.44. The largest absolute Gasteiger partial charge is 0.421 e. The van der Waals surface area contributed by atoms with Crippen LogP contribution >= 0.6 is 11.3 Å². The highest BCUT2D eigenvalue weighted by Gasteiger charge is 2.37. The molecule has 2 aromatic heterocycles. The molecule has 102 valence electrons. The molecule has 0 saturated carbocycles. The molecule has 0 atom stereocenters. The lowest BCUT2D eigenvalue weighted by Gasteiger charge is -2.14. The van der Waals surface area contributed by atoms with Gasteiger partial charge in [0, 0.05) is 4.88 Å². The van der Waals surface area contributed by atoms with Gasteiger partial charge < -0.3 is 11.5 Å². The highest BCUT2D eigenvalue weighted by Crippen LogP contribution is 2.35. The normalized spacial score (nSPS) is 11.7. The number of nitrogens with two attached hydrogens (primary N) is 2. The predicted molar refractivity (Wildman–Crippen MR) is 67.6 cm³/mol. The van der Waals surface area contributed by atoms with Crippen molar-refractivity contribution in [1.82, 2.24) is 9.97 Å². The van der Waals surface area contributed by atoms with Crippen molar-refractivity contribution in [2.45, 2.75) is 19.0 Å². The maximum Gasteiger partial charge on any atom is 0.421 e. The van der Waals surface area contributed by atoms with E-state index in [1.54, 1.807) is 0 Å². The first-order valence-corrected chi connectivity index (χ1v) is 6.27. The summed E-state index contributed by atoms with van der Waals surface area (Å²) in [6.07, 6.45) is -4.01. The number of nitrogens with zero attached hydrogens (tertiary/aromatic N) is 2. The van der Waals surface area contributed by atoms with E-state index in [2.05, 4.69) is 9.97 Å². The van der Waals surface area contributed by atoms with Crippen LogP contribution < -0.4 is 11.5 Å². The molecule has 0 fully saturated rings. The Balaban J connectivity index is 2.32. The number of thiophene rings is 1. The fraction of sp³-hybridized carbons (Fsp3) is 0.273. The molecule has 0 aliphatic heterocycles. The van der Waals surface area contributed by atoms with E-state index < -0.39 is 17.6 Å². The number of alkyl halides is 3. The van der Waals surface area contributed by atoms with Crippen LogP contribution in [0.4, 0.5) is 24.9 Å². The zero-order chi connectivity index (χ0) is 14.0. The Kier molecular flexibility index (Phi) is 3.61. The van der Waals surface area contributed by atoms with Gasteiger partial charge in [0.1, 0.15) is 11.4 Å². The van der Waals surface area contributed by atoms with Gasteiger partial charge in [0.25, 0.3) is 0 Å². The van der Waals surface area contributed by atoms with Crippen LogP contribution in [0.1, 0.15) is 16.1 Å². The molecule has 0 saturated heterocycles. The monoisotopic (exact) mass is 288 g/mol. The molecule has 0 unspecified atom stereocenters. The molecule has 2 rings (SSSR count). The van der Waals surface area contributed by atoms with E-state index in [9.17, 15) is 13.2 Å². The zero-order valence-electron chi connectivity index (χ0n) is 9.74. The van der Waals surface area contributed by atoms with Crippen molar-refractivity contribution in [3.05, 3.63) is 33.6 Å². The molecular formula is C11H11F3N4S. The predicted octanol–water partition coefficient (Wildman–Crippen LogP) is 2.51. The number of hydrogen-bond acceptors (Lipinski definition) is 5. The van der Waals surface area contributed by atoms with E-state index in [4.69, 9.17) is 11.5 Å². The van der Waals surface area contributed by atoms with E-state index in [-0.39, 0.29) is 18.1 Å². The first kappa shape index (κ1) is 13.6. The molecule has 0 bridgehead atoms. The summed E-state index contributed by atoms with van der Waals surface area (Å²) < 4.78 is 38.7. The molecule has 2 heterocycles. The molecular weight excluding hydrogens is 277 g/mol. The smallest absolute Gasteiger partial charge is 0.383 e. The Hall–Kier alpha value is -1.83. The molecule has 19 heavy (non-hydrogen) atoms. The highest BCUT2D eigenvalue weighted by molar-refractivity contribution is 7.09. The van der Waals surface area contributed by atoms with E-state index in [1.165, 1.54) is 11.3 Å². The number of rotatable bonds is 3. The highest BCUT2D eigenvalue weighted by atomic mass is 32.1. The summed E-state index contributed by atoms with van der Waals surface area (Å²) in [6, 6.07) is 3.69. The van der Waals surface area contributed by atoms with Crippen LogP contribution in [0.15, 0.2) is 17.5 Å². The lowest BCUT2D eigenvalue weighted by Crippen LogP contribution is -2.17. The minimum Gasteiger partial charge on any atom is -0.383 e. The Morgan fingerprint density at radius 3 is 2.47 bits per heavy atom. The Bertz CT molecular complexity index is 566. The number of aromatic nitrogens is 2. The summed E-state index contributed by atoms with van der Waals surface area (Å²) in [4.78, 5) is 8.02. The minimum atomic E-state index is -4.58. The molecule has 8 heteroatoms. The molecule has 0 aromatic carbocycles. The fourth-order valence-electron chi connectivity index (χ4n) is 1.73. The molecule has 4 N–H and O–H groups in total. The van der Waals surface area contributed by atoms with Gasteiger partial charge in [-0.3, -0.25) is 0 Å². The summed E-state index contributed by atoms with van der Waals surface area (Å²) in [5.41, 5.74) is 9.51. The van der Waals surface area contributed by atoms with Gasteiger partial charge in [0.15, 0.2) is 0 Å². The SMILES string of the molecule is Nc1nc(N)c(C(F)(F)F)c(CCc2cccs2)n1. The van der Waals surface area contributed by atoms with Gasteiger partial charge >= 0.3 is 6.18 Å². The maximum atomic E-state index is 12.9. The quantitative estimate of drug-likeness (QED) is 0.909. The summed E-state index contributed by atoms with van der Waals surface area (Å²) in [5.74, 6) is -0.868. The number of hydrogen-bond donors (Lipinski definition) is 2. The van der Waals surface area contributed by atoms with Crippen molar-refractivity contribution >= 4 is 23.1 Å². The number of halogens is 3. The summed E-state index contributed by atoms with van der Waals surface area (Å²) in [6.45, 7) is 0. The number of aryl methyl sites for hydroxylation is 2. The average molecular weight is 288 g/mol. The van der Waals surface area contributed by atoms with Crippen LogP contribution in [-0.4, -0.2) is 9.97 Å². The van der Waals surface area contributed by atoms with Crippen LogP contribution in [0.25, 0.3) is 0 Å². The molecule has 0 spiro atoms. The van der Waals surface area contributed by atoms with Crippen molar-refractivity contribution in [3.63, 3.8) is 0 Å². The Morgan fingerprint density at radius 2 is 1.89 bits per heavy atom. The van der Waals surface area contributed by atoms with Crippen LogP contribution in [0.2, 0.25) is 0 Å². The van der Waals surface area contributed by atoms with Gasteiger partial charge in [-0.15, -0.1) is 11.3 Å². The van der Waals surface area contributed by atoms with Crippen molar-refractivity contribution < 1.29 is 13.2 Å². The third-order valence-electron chi connectivity index (χ3n) is 2.50. The van der Waals surface area contributed by atoms with Crippen LogP contribution in [0.3, 0.4) is 0 Å². The Labute approximate surface area is 111 Å². The molecule has 0 radical (unpaired) electrons. The molecule has 2 aromatic rings. The lowest BCUT2D eigenvalue weighted by atomic mass is 10.1. The van der Waals surface area contributed by atoms with E-state index in [0.29, 0.717) is 6.42 Å². The van der Waals surface area contributed by atoms with Crippen LogP contribution in [-0.2, 0) is 19.0 Å². The molecule has 0 aliphatic rings. The summed E-state index contributed by atoms with van der Waals surface area (Å²) in [5, 5.41) is 1.86. The molecule has 4 nitrogen and oxygen atoms in total. The van der Waals surface area contributed by atoms with Gasteiger partial charge in [-0.25, -0.2) is 4.98 Å². The van der Waals surface area contributed by atoms with Crippen molar-refractivity contribution in [2.24, 2.45) is 0 Å². The van der Waals surface area contributed by atoms with E-state index >= 15 is 0 Å². The maximum absolute atomic E-state index is 12.9. The van der Waals surface area contributed by atoms with Crippen molar-refractivity contribution in [2.75, 3.05) is 11.5 Å². The first-order valence-electron chi connectivity index (χ1n) is 5.39. The average Bonchev–Trinajstić information content (AvgIpc) is 2.75. The second kappa shape index (κ2) is 5.04. The number of anilines is 2. The number of nitrogen functional groups attached to an aromatic ring is 2.